The molecule has 1 heterocycles. The number of hydrogen-bond donors (Lipinski definition) is 1. The van der Waals surface area contributed by atoms with Crippen LogP contribution in [-0.4, -0.2) is 19.8 Å². The number of fused-ring (bicyclic) bond motifs is 1. The minimum atomic E-state index is 0.204. The normalized spacial score (nSPS) is 20.0. The Morgan fingerprint density at radius 2 is 1.78 bits per heavy atom. The lowest BCUT2D eigenvalue weighted by atomic mass is 9.86. The second kappa shape index (κ2) is 4.16. The third-order valence-corrected chi connectivity index (χ3v) is 4.15. The van der Waals surface area contributed by atoms with Crippen LogP contribution in [0.2, 0.25) is 0 Å². The van der Waals surface area contributed by atoms with Crippen molar-refractivity contribution >= 4 is 0 Å². The van der Waals surface area contributed by atoms with E-state index in [1.165, 1.54) is 24.0 Å². The minimum absolute atomic E-state index is 0.204. The fourth-order valence-corrected chi connectivity index (χ4v) is 2.78. The van der Waals surface area contributed by atoms with Gasteiger partial charge in [0, 0.05) is 12.0 Å². The molecule has 0 saturated heterocycles. The quantitative estimate of drug-likeness (QED) is 0.892. The van der Waals surface area contributed by atoms with E-state index in [1.807, 2.05) is 0 Å². The first-order valence-corrected chi connectivity index (χ1v) is 6.80. The molecule has 1 aliphatic carbocycles. The fraction of sp³-hybridized carbons (Fsp3) is 0.600. The smallest absolute Gasteiger partial charge is 0.161 e. The molecule has 1 saturated carbocycles. The molecular weight excluding hydrogens is 226 g/mol. The maximum absolute atomic E-state index is 5.97. The Morgan fingerprint density at radius 1 is 1.17 bits per heavy atom. The average Bonchev–Trinajstić information content (AvgIpc) is 3.18. The summed E-state index contributed by atoms with van der Waals surface area (Å²) in [4.78, 5) is 0. The molecule has 0 radical (unpaired) electrons. The molecule has 98 valence electrons. The van der Waals surface area contributed by atoms with Gasteiger partial charge in [-0.25, -0.2) is 0 Å². The molecule has 3 nitrogen and oxygen atoms in total. The van der Waals surface area contributed by atoms with Gasteiger partial charge in [-0.15, -0.1) is 0 Å². The maximum Gasteiger partial charge on any atom is 0.161 e. The molecule has 0 spiro atoms. The van der Waals surface area contributed by atoms with Gasteiger partial charge in [-0.1, -0.05) is 13.8 Å². The zero-order chi connectivity index (χ0) is 12.8. The van der Waals surface area contributed by atoms with Crippen molar-refractivity contribution in [1.29, 1.82) is 0 Å². The van der Waals surface area contributed by atoms with Crippen LogP contribution in [0.4, 0.5) is 0 Å². The van der Waals surface area contributed by atoms with Crippen molar-refractivity contribution in [2.75, 3.05) is 19.8 Å². The van der Waals surface area contributed by atoms with Gasteiger partial charge in [0.05, 0.1) is 0 Å². The highest BCUT2D eigenvalue weighted by Gasteiger charge is 2.45. The highest BCUT2D eigenvalue weighted by Crippen LogP contribution is 2.52. The molecule has 0 amide bonds. The molecule has 2 N–H and O–H groups in total. The van der Waals surface area contributed by atoms with Crippen molar-refractivity contribution in [3.63, 3.8) is 0 Å². The van der Waals surface area contributed by atoms with Gasteiger partial charge >= 0.3 is 0 Å². The summed E-state index contributed by atoms with van der Waals surface area (Å²) < 4.78 is 11.4. The Bertz CT molecular complexity index is 464. The van der Waals surface area contributed by atoms with E-state index < -0.39 is 0 Å². The summed E-state index contributed by atoms with van der Waals surface area (Å²) in [6.07, 6.45) is 2.39. The summed E-state index contributed by atoms with van der Waals surface area (Å²) in [6, 6.07) is 4.33. The van der Waals surface area contributed by atoms with Gasteiger partial charge in [0.25, 0.3) is 0 Å². The van der Waals surface area contributed by atoms with E-state index in [0.29, 0.717) is 19.1 Å². The Hall–Kier alpha value is -1.22. The zero-order valence-corrected chi connectivity index (χ0v) is 11.2. The van der Waals surface area contributed by atoms with E-state index in [2.05, 4.69) is 26.0 Å². The Morgan fingerprint density at radius 3 is 2.28 bits per heavy atom. The van der Waals surface area contributed by atoms with Gasteiger partial charge in [0.1, 0.15) is 13.2 Å². The van der Waals surface area contributed by atoms with E-state index >= 15 is 0 Å². The third-order valence-electron chi connectivity index (χ3n) is 4.15. The van der Waals surface area contributed by atoms with Crippen LogP contribution in [0.15, 0.2) is 12.1 Å². The van der Waals surface area contributed by atoms with Crippen LogP contribution in [0.1, 0.15) is 43.7 Å². The third kappa shape index (κ3) is 1.77. The number of nitrogens with two attached hydrogens (primary N) is 1. The summed E-state index contributed by atoms with van der Waals surface area (Å²) in [7, 11) is 0. The lowest BCUT2D eigenvalue weighted by molar-refractivity contribution is 0.171. The van der Waals surface area contributed by atoms with Crippen molar-refractivity contribution in [3.8, 4) is 11.5 Å². The van der Waals surface area contributed by atoms with Crippen LogP contribution in [0.5, 0.6) is 11.5 Å². The number of rotatable bonds is 3. The zero-order valence-electron chi connectivity index (χ0n) is 11.2. The molecule has 0 aromatic heterocycles. The number of hydrogen-bond acceptors (Lipinski definition) is 3. The predicted octanol–water partition coefficient (Wildman–Crippen LogP) is 2.57. The van der Waals surface area contributed by atoms with Gasteiger partial charge in [0.2, 0.25) is 0 Å². The molecule has 3 rings (SSSR count). The Labute approximate surface area is 108 Å². The van der Waals surface area contributed by atoms with E-state index in [9.17, 15) is 0 Å². The topological polar surface area (TPSA) is 44.5 Å². The van der Waals surface area contributed by atoms with Gasteiger partial charge in [-0.2, -0.15) is 0 Å². The molecule has 0 unspecified atom stereocenters. The molecule has 2 aliphatic rings. The van der Waals surface area contributed by atoms with Crippen molar-refractivity contribution < 1.29 is 9.47 Å². The highest BCUT2D eigenvalue weighted by molar-refractivity contribution is 5.53. The van der Waals surface area contributed by atoms with Crippen LogP contribution in [0.25, 0.3) is 0 Å². The van der Waals surface area contributed by atoms with Crippen molar-refractivity contribution in [1.82, 2.24) is 0 Å². The number of ether oxygens (including phenoxy) is 2. The van der Waals surface area contributed by atoms with Crippen LogP contribution in [0.3, 0.4) is 0 Å². The summed E-state index contributed by atoms with van der Waals surface area (Å²) in [6.45, 7) is 6.46. The predicted molar refractivity (Wildman–Crippen MR) is 71.5 cm³/mol. The van der Waals surface area contributed by atoms with E-state index in [1.54, 1.807) is 0 Å². The van der Waals surface area contributed by atoms with Crippen LogP contribution >= 0.6 is 0 Å². The standard InChI is InChI=1S/C15H21NO2/c1-10(2)11-7-13-14(18-6-5-17-13)8-12(11)15(9-16)3-4-15/h7-8,10H,3-6,9,16H2,1-2H3. The summed E-state index contributed by atoms with van der Waals surface area (Å²) in [5, 5.41) is 0. The second-order valence-corrected chi connectivity index (χ2v) is 5.72. The van der Waals surface area contributed by atoms with Crippen LogP contribution < -0.4 is 15.2 Å². The molecule has 1 aromatic carbocycles. The van der Waals surface area contributed by atoms with Crippen LogP contribution in [0, 0.1) is 0 Å². The lowest BCUT2D eigenvalue weighted by Crippen LogP contribution is -2.23. The second-order valence-electron chi connectivity index (χ2n) is 5.72. The maximum atomic E-state index is 5.97. The number of benzene rings is 1. The first-order valence-electron chi connectivity index (χ1n) is 6.80. The largest absolute Gasteiger partial charge is 0.486 e. The summed E-state index contributed by atoms with van der Waals surface area (Å²) in [5.41, 5.74) is 8.92. The molecule has 1 aromatic rings. The SMILES string of the molecule is CC(C)c1cc2c(cc1C1(CN)CC1)OCCO2. The molecule has 1 fully saturated rings. The highest BCUT2D eigenvalue weighted by atomic mass is 16.6. The summed E-state index contributed by atoms with van der Waals surface area (Å²) >= 11 is 0. The van der Waals surface area contributed by atoms with E-state index in [4.69, 9.17) is 15.2 Å². The Balaban J connectivity index is 2.11. The summed E-state index contributed by atoms with van der Waals surface area (Å²) in [5.74, 6) is 2.27. The molecule has 0 atom stereocenters. The molecule has 0 bridgehead atoms. The van der Waals surface area contributed by atoms with Gasteiger partial charge in [-0.3, -0.25) is 0 Å². The Kier molecular flexibility index (Phi) is 2.74. The first-order chi connectivity index (χ1) is 8.66. The van der Waals surface area contributed by atoms with Gasteiger partial charge < -0.3 is 15.2 Å². The van der Waals surface area contributed by atoms with Crippen LogP contribution in [-0.2, 0) is 5.41 Å². The average molecular weight is 247 g/mol. The van der Waals surface area contributed by atoms with Crippen molar-refractivity contribution in [2.45, 2.75) is 38.0 Å². The first kappa shape index (κ1) is 11.8. The molecule has 18 heavy (non-hydrogen) atoms. The van der Waals surface area contributed by atoms with E-state index in [0.717, 1.165) is 18.0 Å². The molecule has 1 aliphatic heterocycles. The minimum Gasteiger partial charge on any atom is -0.486 e. The fourth-order valence-electron chi connectivity index (χ4n) is 2.78. The van der Waals surface area contributed by atoms with Crippen molar-refractivity contribution in [3.05, 3.63) is 23.3 Å². The lowest BCUT2D eigenvalue weighted by Gasteiger charge is -2.25. The van der Waals surface area contributed by atoms with E-state index in [-0.39, 0.29) is 5.41 Å². The van der Waals surface area contributed by atoms with Gasteiger partial charge in [-0.05, 0) is 42.0 Å². The van der Waals surface area contributed by atoms with Gasteiger partial charge in [0.15, 0.2) is 11.5 Å². The molecular formula is C15H21NO2. The molecule has 3 heteroatoms. The van der Waals surface area contributed by atoms with Crippen molar-refractivity contribution in [2.24, 2.45) is 5.73 Å². The monoisotopic (exact) mass is 247 g/mol.